The number of aliphatic hydroxyl groups excluding tert-OH is 1. The summed E-state index contributed by atoms with van der Waals surface area (Å²) in [5.41, 5.74) is 2.39. The van der Waals surface area contributed by atoms with E-state index < -0.39 is 11.6 Å². The highest BCUT2D eigenvalue weighted by Crippen LogP contribution is 2.42. The second-order valence-electron chi connectivity index (χ2n) is 8.83. The lowest BCUT2D eigenvalue weighted by Gasteiger charge is -2.38. The van der Waals surface area contributed by atoms with E-state index in [1.807, 2.05) is 49.4 Å². The Balaban J connectivity index is 1.86. The van der Waals surface area contributed by atoms with Crippen molar-refractivity contribution in [3.8, 4) is 0 Å². The lowest BCUT2D eigenvalue weighted by Crippen LogP contribution is -2.41. The number of aliphatic hydroxyl groups is 1. The van der Waals surface area contributed by atoms with E-state index in [1.54, 1.807) is 6.92 Å². The highest BCUT2D eigenvalue weighted by atomic mass is 16.6. The van der Waals surface area contributed by atoms with Crippen molar-refractivity contribution in [2.24, 2.45) is 0 Å². The molecular weight excluding hydrogens is 414 g/mol. The van der Waals surface area contributed by atoms with Crippen LogP contribution in [0.5, 0.6) is 0 Å². The van der Waals surface area contributed by atoms with Gasteiger partial charge in [0, 0.05) is 24.4 Å². The lowest BCUT2D eigenvalue weighted by molar-refractivity contribution is -0.161. The minimum Gasteiger partial charge on any atom is -0.512 e. The first-order valence-corrected chi connectivity index (χ1v) is 12.0. The molecule has 1 amide bonds. The van der Waals surface area contributed by atoms with E-state index in [1.165, 1.54) is 5.56 Å². The van der Waals surface area contributed by atoms with Crippen molar-refractivity contribution in [3.05, 3.63) is 77.1 Å². The van der Waals surface area contributed by atoms with Gasteiger partial charge in [0.25, 0.3) is 0 Å². The van der Waals surface area contributed by atoms with E-state index >= 15 is 0 Å². The second-order valence-corrected chi connectivity index (χ2v) is 8.83. The maximum Gasteiger partial charge on any atom is 0.338 e. The van der Waals surface area contributed by atoms with Gasteiger partial charge in [-0.3, -0.25) is 4.79 Å². The van der Waals surface area contributed by atoms with Crippen molar-refractivity contribution in [1.82, 2.24) is 0 Å². The highest BCUT2D eigenvalue weighted by molar-refractivity contribution is 5.93. The van der Waals surface area contributed by atoms with E-state index in [9.17, 15) is 14.7 Å². The SMILES string of the molecule is CCC[C@@]1(CCc2ccccc2)CC(O)=C([C@H](CC)c2cccc(NC(=O)CC)c2)C(=O)O1. The number of aryl methyl sites for hydroxylation is 1. The summed E-state index contributed by atoms with van der Waals surface area (Å²) >= 11 is 0. The summed E-state index contributed by atoms with van der Waals surface area (Å²) in [7, 11) is 0. The van der Waals surface area contributed by atoms with Crippen molar-refractivity contribution in [1.29, 1.82) is 0 Å². The Labute approximate surface area is 196 Å². The third-order valence-corrected chi connectivity index (χ3v) is 6.40. The number of rotatable bonds is 10. The largest absolute Gasteiger partial charge is 0.512 e. The zero-order chi connectivity index (χ0) is 23.8. The molecule has 0 unspecified atom stereocenters. The molecule has 2 aromatic rings. The molecule has 0 aliphatic carbocycles. The fraction of sp³-hybridized carbons (Fsp3) is 0.429. The minimum absolute atomic E-state index is 0.0675. The molecule has 0 radical (unpaired) electrons. The van der Waals surface area contributed by atoms with Crippen LogP contribution in [0.1, 0.15) is 76.3 Å². The summed E-state index contributed by atoms with van der Waals surface area (Å²) in [4.78, 5) is 25.1. The molecule has 1 heterocycles. The monoisotopic (exact) mass is 449 g/mol. The molecule has 0 spiro atoms. The number of carbonyl (C=O) groups is 2. The molecule has 3 rings (SSSR count). The summed E-state index contributed by atoms with van der Waals surface area (Å²) in [6.45, 7) is 5.85. The summed E-state index contributed by atoms with van der Waals surface area (Å²) in [6, 6.07) is 17.6. The standard InChI is InChI=1S/C28H35NO4/c1-4-16-28(17-15-20-11-8-7-9-12-20)19-24(30)26(27(32)33-28)23(5-2)21-13-10-14-22(18-21)29-25(31)6-3/h7-14,18,23,30H,4-6,15-17,19H2,1-3H3,(H,29,31)/t23-,28-/m1/s1. The highest BCUT2D eigenvalue weighted by Gasteiger charge is 2.43. The van der Waals surface area contributed by atoms with Crippen LogP contribution in [0.15, 0.2) is 65.9 Å². The van der Waals surface area contributed by atoms with Gasteiger partial charge in [0.15, 0.2) is 0 Å². The van der Waals surface area contributed by atoms with E-state index in [4.69, 9.17) is 4.74 Å². The maximum absolute atomic E-state index is 13.3. The molecule has 0 bridgehead atoms. The van der Waals surface area contributed by atoms with Crippen molar-refractivity contribution in [2.45, 2.75) is 77.2 Å². The number of carbonyl (C=O) groups excluding carboxylic acids is 2. The van der Waals surface area contributed by atoms with Crippen LogP contribution in [0.25, 0.3) is 0 Å². The third-order valence-electron chi connectivity index (χ3n) is 6.40. The number of hydrogen-bond donors (Lipinski definition) is 2. The van der Waals surface area contributed by atoms with Crippen LogP contribution in [-0.4, -0.2) is 22.6 Å². The summed E-state index contributed by atoms with van der Waals surface area (Å²) in [6.07, 6.45) is 4.37. The molecule has 1 aliphatic heterocycles. The third kappa shape index (κ3) is 6.04. The van der Waals surface area contributed by atoms with E-state index in [0.29, 0.717) is 43.4 Å². The Bertz CT molecular complexity index is 998. The summed E-state index contributed by atoms with van der Waals surface area (Å²) < 4.78 is 6.11. The fourth-order valence-corrected chi connectivity index (χ4v) is 4.71. The van der Waals surface area contributed by atoms with E-state index in [0.717, 1.165) is 18.4 Å². The van der Waals surface area contributed by atoms with Gasteiger partial charge in [0.2, 0.25) is 5.91 Å². The molecule has 176 valence electrons. The molecule has 5 heteroatoms. The smallest absolute Gasteiger partial charge is 0.338 e. The number of cyclic esters (lactones) is 1. The van der Waals surface area contributed by atoms with Crippen molar-refractivity contribution in [3.63, 3.8) is 0 Å². The minimum atomic E-state index is -0.690. The lowest BCUT2D eigenvalue weighted by atomic mass is 9.80. The van der Waals surface area contributed by atoms with Crippen LogP contribution in [-0.2, 0) is 20.7 Å². The molecule has 33 heavy (non-hydrogen) atoms. The Morgan fingerprint density at radius 1 is 1.09 bits per heavy atom. The van der Waals surface area contributed by atoms with Crippen LogP contribution in [0, 0.1) is 0 Å². The molecule has 0 aromatic heterocycles. The molecule has 0 saturated heterocycles. The van der Waals surface area contributed by atoms with Crippen LogP contribution >= 0.6 is 0 Å². The zero-order valence-corrected chi connectivity index (χ0v) is 19.9. The van der Waals surface area contributed by atoms with Crippen molar-refractivity contribution >= 4 is 17.6 Å². The first-order chi connectivity index (χ1) is 15.9. The first-order valence-electron chi connectivity index (χ1n) is 12.0. The van der Waals surface area contributed by atoms with Gasteiger partial charge in [0.1, 0.15) is 11.4 Å². The van der Waals surface area contributed by atoms with Gasteiger partial charge in [-0.05, 0) is 48.9 Å². The van der Waals surface area contributed by atoms with Gasteiger partial charge in [-0.2, -0.15) is 0 Å². The zero-order valence-electron chi connectivity index (χ0n) is 19.9. The van der Waals surface area contributed by atoms with Gasteiger partial charge in [-0.1, -0.05) is 69.7 Å². The number of ether oxygens (including phenoxy) is 1. The van der Waals surface area contributed by atoms with Crippen LogP contribution in [0.3, 0.4) is 0 Å². The van der Waals surface area contributed by atoms with Crippen LogP contribution in [0.2, 0.25) is 0 Å². The summed E-state index contributed by atoms with van der Waals surface area (Å²) in [5.74, 6) is -0.676. The number of hydrogen-bond acceptors (Lipinski definition) is 4. The normalized spacial score (nSPS) is 19.2. The average Bonchev–Trinajstić information content (AvgIpc) is 2.81. The molecule has 2 aromatic carbocycles. The summed E-state index contributed by atoms with van der Waals surface area (Å²) in [5, 5.41) is 14.0. The molecule has 0 fully saturated rings. The molecule has 5 nitrogen and oxygen atoms in total. The van der Waals surface area contributed by atoms with Crippen LogP contribution in [0.4, 0.5) is 5.69 Å². The second kappa shape index (κ2) is 11.2. The maximum atomic E-state index is 13.3. The predicted molar refractivity (Wildman–Crippen MR) is 131 cm³/mol. The van der Waals surface area contributed by atoms with Gasteiger partial charge in [-0.15, -0.1) is 0 Å². The number of nitrogens with one attached hydrogen (secondary N) is 1. The Morgan fingerprint density at radius 2 is 1.85 bits per heavy atom. The Morgan fingerprint density at radius 3 is 2.48 bits per heavy atom. The molecule has 2 N–H and O–H groups in total. The number of amides is 1. The quantitative estimate of drug-likeness (QED) is 0.408. The topological polar surface area (TPSA) is 75.6 Å². The molecule has 1 aliphatic rings. The molecular formula is C28H35NO4. The first kappa shape index (κ1) is 24.6. The Hall–Kier alpha value is -3.08. The van der Waals surface area contributed by atoms with Gasteiger partial charge < -0.3 is 15.2 Å². The van der Waals surface area contributed by atoms with E-state index in [2.05, 4.69) is 24.4 Å². The van der Waals surface area contributed by atoms with Crippen LogP contribution < -0.4 is 5.32 Å². The number of esters is 1. The van der Waals surface area contributed by atoms with Crippen molar-refractivity contribution < 1.29 is 19.4 Å². The molecule has 0 saturated carbocycles. The molecule has 2 atom stereocenters. The fourth-order valence-electron chi connectivity index (χ4n) is 4.71. The average molecular weight is 450 g/mol. The Kier molecular flexibility index (Phi) is 8.32. The van der Waals surface area contributed by atoms with Gasteiger partial charge in [-0.25, -0.2) is 4.79 Å². The number of anilines is 1. The van der Waals surface area contributed by atoms with Crippen molar-refractivity contribution in [2.75, 3.05) is 5.32 Å². The van der Waals surface area contributed by atoms with Gasteiger partial charge >= 0.3 is 5.97 Å². The predicted octanol–water partition coefficient (Wildman–Crippen LogP) is 6.46. The van der Waals surface area contributed by atoms with Gasteiger partial charge in [0.05, 0.1) is 5.57 Å². The van der Waals surface area contributed by atoms with E-state index in [-0.39, 0.29) is 17.6 Å². The number of benzene rings is 2.